The number of carboxylic acid groups (broad SMARTS) is 1. The van der Waals surface area contributed by atoms with Gasteiger partial charge in [-0.3, -0.25) is 14.4 Å². The molecule has 5 amide bonds. The number of aliphatic carboxylic acids is 1. The minimum Gasteiger partial charge on any atom is -0.480 e. The van der Waals surface area contributed by atoms with Gasteiger partial charge in [-0.25, -0.2) is 9.59 Å². The average molecular weight is 679 g/mol. The highest BCUT2D eigenvalue weighted by atomic mass is 19.4. The average Bonchev–Trinajstić information content (AvgIpc) is 3.03. The van der Waals surface area contributed by atoms with Gasteiger partial charge in [0.25, 0.3) is 0 Å². The smallest absolute Gasteiger partial charge is 0.471 e. The Bertz CT molecular complexity index is 1350. The largest absolute Gasteiger partial charge is 0.480 e. The number of hydrogen-bond donors (Lipinski definition) is 6. The molecule has 7 N–H and O–H groups in total. The molecular formula is C33H45F3N6O6. The van der Waals surface area contributed by atoms with E-state index in [4.69, 9.17) is 5.73 Å². The summed E-state index contributed by atoms with van der Waals surface area (Å²) in [6, 6.07) is 11.3. The first-order chi connectivity index (χ1) is 22.6. The summed E-state index contributed by atoms with van der Waals surface area (Å²) in [5.41, 5.74) is 6.59. The van der Waals surface area contributed by atoms with E-state index in [-0.39, 0.29) is 25.2 Å². The lowest BCUT2D eigenvalue weighted by Gasteiger charge is -2.31. The van der Waals surface area contributed by atoms with Crippen molar-refractivity contribution in [2.24, 2.45) is 11.7 Å². The van der Waals surface area contributed by atoms with Crippen LogP contribution in [0.4, 0.5) is 18.0 Å². The van der Waals surface area contributed by atoms with Crippen LogP contribution in [-0.2, 0) is 25.6 Å². The topological polar surface area (TPSA) is 183 Å². The Kier molecular flexibility index (Phi) is 15.8. The Balaban J connectivity index is 2.33. The summed E-state index contributed by atoms with van der Waals surface area (Å²) in [6.07, 6.45) is -3.80. The van der Waals surface area contributed by atoms with Crippen LogP contribution in [0, 0.1) is 5.92 Å². The summed E-state index contributed by atoms with van der Waals surface area (Å²) in [5, 5.41) is 19.2. The molecule has 0 saturated carbocycles. The summed E-state index contributed by atoms with van der Waals surface area (Å²) >= 11 is 0. The van der Waals surface area contributed by atoms with Crippen molar-refractivity contribution < 1.29 is 42.3 Å². The van der Waals surface area contributed by atoms with Crippen LogP contribution in [0.3, 0.4) is 0 Å². The van der Waals surface area contributed by atoms with E-state index in [9.17, 15) is 42.3 Å². The second-order valence-corrected chi connectivity index (χ2v) is 11.8. The van der Waals surface area contributed by atoms with Crippen LogP contribution in [0.15, 0.2) is 60.7 Å². The number of nitrogens with two attached hydrogens (primary N) is 1. The van der Waals surface area contributed by atoms with Crippen molar-refractivity contribution in [3.05, 3.63) is 71.8 Å². The van der Waals surface area contributed by atoms with Crippen LogP contribution < -0.4 is 27.0 Å². The zero-order valence-corrected chi connectivity index (χ0v) is 27.3. The summed E-state index contributed by atoms with van der Waals surface area (Å²) in [5.74, 6) is -4.93. The third-order valence-electron chi connectivity index (χ3n) is 7.48. The number of urea groups is 1. The normalized spacial score (nSPS) is 13.8. The van der Waals surface area contributed by atoms with Gasteiger partial charge < -0.3 is 37.0 Å². The first-order valence-corrected chi connectivity index (χ1v) is 15.6. The predicted octanol–water partition coefficient (Wildman–Crippen LogP) is 2.89. The molecule has 0 bridgehead atoms. The molecule has 48 heavy (non-hydrogen) atoms. The first-order valence-electron chi connectivity index (χ1n) is 15.6. The van der Waals surface area contributed by atoms with Gasteiger partial charge in [-0.15, -0.1) is 0 Å². The number of benzene rings is 2. The van der Waals surface area contributed by atoms with Crippen molar-refractivity contribution in [3.8, 4) is 0 Å². The molecule has 2 aromatic rings. The standard InChI is InChI=1S/C33H45F3N6O6/c1-21(2)18-25(28(43)39-24(30(45)46)16-10-11-17-37)40-29(44)26(19-22-12-6-4-7-13-22)41-32(48)42(3)27(23-14-8-5-9-15-23)20-38-31(47)33(34,35)36/h4-9,12-15,21,24-27H,10-11,16-20,37H2,1-3H3,(H,38,47)(H,39,43)(H,40,44)(H,41,48)(H,45,46). The van der Waals surface area contributed by atoms with Crippen LogP contribution in [0.1, 0.15) is 56.7 Å². The van der Waals surface area contributed by atoms with Gasteiger partial charge in [0.2, 0.25) is 11.8 Å². The molecule has 2 rings (SSSR count). The lowest BCUT2D eigenvalue weighted by Crippen LogP contribution is -2.58. The maximum Gasteiger partial charge on any atom is 0.471 e. The Morgan fingerprint density at radius 3 is 1.94 bits per heavy atom. The molecule has 0 fully saturated rings. The number of halogens is 3. The molecule has 0 aliphatic heterocycles. The van der Waals surface area contributed by atoms with E-state index in [1.54, 1.807) is 60.7 Å². The Morgan fingerprint density at radius 2 is 1.40 bits per heavy atom. The number of hydrogen-bond acceptors (Lipinski definition) is 6. The summed E-state index contributed by atoms with van der Waals surface area (Å²) in [6.45, 7) is 3.43. The number of carbonyl (C=O) groups is 5. The summed E-state index contributed by atoms with van der Waals surface area (Å²) < 4.78 is 38.8. The van der Waals surface area contributed by atoms with E-state index >= 15 is 0 Å². The number of carboxylic acids is 1. The van der Waals surface area contributed by atoms with E-state index in [1.807, 2.05) is 19.2 Å². The van der Waals surface area contributed by atoms with Gasteiger partial charge >= 0.3 is 24.1 Å². The van der Waals surface area contributed by atoms with Crippen LogP contribution in [0.5, 0.6) is 0 Å². The van der Waals surface area contributed by atoms with Gasteiger partial charge in [-0.05, 0) is 49.3 Å². The zero-order valence-electron chi connectivity index (χ0n) is 27.3. The van der Waals surface area contributed by atoms with E-state index < -0.39 is 66.6 Å². The van der Waals surface area contributed by atoms with Crippen LogP contribution in [-0.4, -0.2) is 84.2 Å². The second-order valence-electron chi connectivity index (χ2n) is 11.8. The van der Waals surface area contributed by atoms with Gasteiger partial charge in [0.1, 0.15) is 18.1 Å². The van der Waals surface area contributed by atoms with Gasteiger partial charge in [0.15, 0.2) is 0 Å². The van der Waals surface area contributed by atoms with Gasteiger partial charge in [-0.2, -0.15) is 13.2 Å². The molecule has 12 nitrogen and oxygen atoms in total. The number of likely N-dealkylation sites (N-methyl/N-ethyl adjacent to an activating group) is 1. The second kappa shape index (κ2) is 19.2. The maximum atomic E-state index is 13.8. The lowest BCUT2D eigenvalue weighted by atomic mass is 10.0. The molecular weight excluding hydrogens is 633 g/mol. The van der Waals surface area contributed by atoms with E-state index in [0.717, 1.165) is 4.90 Å². The minimum atomic E-state index is -5.13. The molecule has 0 saturated heterocycles. The lowest BCUT2D eigenvalue weighted by molar-refractivity contribution is -0.173. The molecule has 4 unspecified atom stereocenters. The molecule has 0 radical (unpaired) electrons. The Morgan fingerprint density at radius 1 is 0.833 bits per heavy atom. The molecule has 264 valence electrons. The van der Waals surface area contributed by atoms with Crippen molar-refractivity contribution in [2.45, 2.75) is 76.3 Å². The van der Waals surface area contributed by atoms with E-state index in [0.29, 0.717) is 30.5 Å². The molecule has 15 heteroatoms. The van der Waals surface area contributed by atoms with Gasteiger partial charge in [0, 0.05) is 20.0 Å². The third kappa shape index (κ3) is 13.2. The number of carbonyl (C=O) groups excluding carboxylic acids is 4. The van der Waals surface area contributed by atoms with Crippen LogP contribution in [0.2, 0.25) is 0 Å². The predicted molar refractivity (Wildman–Crippen MR) is 172 cm³/mol. The molecule has 0 aromatic heterocycles. The van der Waals surface area contributed by atoms with Crippen LogP contribution >= 0.6 is 0 Å². The molecule has 0 spiro atoms. The number of nitrogens with zero attached hydrogens (tertiary/aromatic N) is 1. The molecule has 0 aliphatic rings. The van der Waals surface area contributed by atoms with Crippen molar-refractivity contribution in [1.29, 1.82) is 0 Å². The fourth-order valence-corrected chi connectivity index (χ4v) is 4.89. The molecule has 0 heterocycles. The SMILES string of the molecule is CC(C)CC(NC(=O)C(Cc1ccccc1)NC(=O)N(C)C(CNC(=O)C(F)(F)F)c1ccccc1)C(=O)NC(CCCCN)C(=O)O. The van der Waals surface area contributed by atoms with Crippen molar-refractivity contribution in [2.75, 3.05) is 20.1 Å². The fourth-order valence-electron chi connectivity index (χ4n) is 4.89. The molecule has 0 aliphatic carbocycles. The number of nitrogens with one attached hydrogen (secondary N) is 4. The highest BCUT2D eigenvalue weighted by Gasteiger charge is 2.39. The van der Waals surface area contributed by atoms with Crippen molar-refractivity contribution in [3.63, 3.8) is 0 Å². The fraction of sp³-hybridized carbons (Fsp3) is 0.485. The van der Waals surface area contributed by atoms with Crippen molar-refractivity contribution in [1.82, 2.24) is 26.2 Å². The zero-order chi connectivity index (χ0) is 35.9. The van der Waals surface area contributed by atoms with E-state index in [1.165, 1.54) is 7.05 Å². The Hall–Kier alpha value is -4.66. The minimum absolute atomic E-state index is 0.0140. The molecule has 2 aromatic carbocycles. The highest BCUT2D eigenvalue weighted by Crippen LogP contribution is 2.21. The Labute approximate surface area is 278 Å². The maximum absolute atomic E-state index is 13.8. The van der Waals surface area contributed by atoms with Crippen molar-refractivity contribution >= 4 is 29.7 Å². The first kappa shape index (κ1) is 39.5. The van der Waals surface area contributed by atoms with Gasteiger partial charge in [0.05, 0.1) is 6.04 Å². The summed E-state index contributed by atoms with van der Waals surface area (Å²) in [7, 11) is 1.32. The highest BCUT2D eigenvalue weighted by molar-refractivity contribution is 5.93. The number of alkyl halides is 3. The monoisotopic (exact) mass is 678 g/mol. The third-order valence-corrected chi connectivity index (χ3v) is 7.48. The summed E-state index contributed by atoms with van der Waals surface area (Å²) in [4.78, 5) is 65.1. The van der Waals surface area contributed by atoms with Gasteiger partial charge in [-0.1, -0.05) is 74.5 Å². The number of unbranched alkanes of at least 4 members (excludes halogenated alkanes) is 1. The number of rotatable bonds is 18. The quantitative estimate of drug-likeness (QED) is 0.131. The molecule has 4 atom stereocenters. The van der Waals surface area contributed by atoms with E-state index in [2.05, 4.69) is 16.0 Å². The number of amides is 5. The van der Waals surface area contributed by atoms with Crippen LogP contribution in [0.25, 0.3) is 0 Å².